The summed E-state index contributed by atoms with van der Waals surface area (Å²) in [7, 11) is 0. The van der Waals surface area contributed by atoms with E-state index in [2.05, 4.69) is 23.2 Å². The molecule has 4 heteroatoms. The Morgan fingerprint density at radius 2 is 2.14 bits per heavy atom. The van der Waals surface area contributed by atoms with Gasteiger partial charge in [0.15, 0.2) is 0 Å². The maximum absolute atomic E-state index is 13.9. The van der Waals surface area contributed by atoms with Crippen LogP contribution in [-0.4, -0.2) is 31.1 Å². The topological polar surface area (TPSA) is 39.1 Å². The summed E-state index contributed by atoms with van der Waals surface area (Å²) in [6.07, 6.45) is 3.45. The summed E-state index contributed by atoms with van der Waals surface area (Å²) in [5.41, 5.74) is 1.17. The highest BCUT2D eigenvalue weighted by molar-refractivity contribution is 5.33. The van der Waals surface area contributed by atoms with E-state index in [-0.39, 0.29) is 5.82 Å². The van der Waals surface area contributed by atoms with Gasteiger partial charge in [0.25, 0.3) is 0 Å². The van der Waals surface area contributed by atoms with Gasteiger partial charge in [-0.15, -0.1) is 0 Å². The fourth-order valence-corrected chi connectivity index (χ4v) is 2.99. The van der Waals surface area contributed by atoms with Gasteiger partial charge in [0.2, 0.25) is 0 Å². The second-order valence-electron chi connectivity index (χ2n) is 5.85. The first-order valence-electron chi connectivity index (χ1n) is 7.84. The minimum atomic E-state index is -0.208. The van der Waals surface area contributed by atoms with Gasteiger partial charge < -0.3 is 5.32 Å². The van der Waals surface area contributed by atoms with Crippen molar-refractivity contribution in [2.24, 2.45) is 5.92 Å². The van der Waals surface area contributed by atoms with E-state index >= 15 is 0 Å². The molecule has 0 aliphatic carbocycles. The first-order valence-corrected chi connectivity index (χ1v) is 7.84. The zero-order valence-electron chi connectivity index (χ0n) is 12.7. The van der Waals surface area contributed by atoms with Gasteiger partial charge in [-0.3, -0.25) is 4.90 Å². The van der Waals surface area contributed by atoms with E-state index in [1.54, 1.807) is 6.07 Å². The highest BCUT2D eigenvalue weighted by atomic mass is 19.1. The Balaban J connectivity index is 2.03. The molecule has 1 aromatic carbocycles. The normalized spacial score (nSPS) is 16.1. The molecule has 0 radical (unpaired) electrons. The molecule has 21 heavy (non-hydrogen) atoms. The molecule has 1 saturated heterocycles. The van der Waals surface area contributed by atoms with Gasteiger partial charge in [0.1, 0.15) is 5.82 Å². The third-order valence-corrected chi connectivity index (χ3v) is 4.08. The van der Waals surface area contributed by atoms with Crippen LogP contribution >= 0.6 is 0 Å². The summed E-state index contributed by atoms with van der Waals surface area (Å²) in [5, 5.41) is 12.3. The lowest BCUT2D eigenvalue weighted by Crippen LogP contribution is -2.36. The quantitative estimate of drug-likeness (QED) is 0.875. The zero-order chi connectivity index (χ0) is 15.1. The number of hydrogen-bond donors (Lipinski definition) is 1. The molecule has 0 aromatic heterocycles. The Hall–Kier alpha value is -1.44. The van der Waals surface area contributed by atoms with Crippen LogP contribution < -0.4 is 5.32 Å². The predicted octanol–water partition coefficient (Wildman–Crippen LogP) is 2.91. The number of nitrogens with one attached hydrogen (secondary N) is 1. The minimum Gasteiger partial charge on any atom is -0.317 e. The van der Waals surface area contributed by atoms with Crippen molar-refractivity contribution in [1.29, 1.82) is 5.26 Å². The zero-order valence-corrected chi connectivity index (χ0v) is 12.7. The Kier molecular flexibility index (Phi) is 6.16. The molecule has 0 atom stereocenters. The fraction of sp³-hybridized carbons (Fsp3) is 0.588. The third kappa shape index (κ3) is 4.80. The number of nitriles is 1. The molecule has 0 saturated carbocycles. The van der Waals surface area contributed by atoms with E-state index < -0.39 is 0 Å². The second-order valence-corrected chi connectivity index (χ2v) is 5.85. The Morgan fingerprint density at radius 1 is 1.38 bits per heavy atom. The van der Waals surface area contributed by atoms with Gasteiger partial charge >= 0.3 is 0 Å². The van der Waals surface area contributed by atoms with Crippen molar-refractivity contribution in [2.75, 3.05) is 26.2 Å². The van der Waals surface area contributed by atoms with E-state index in [0.29, 0.717) is 23.6 Å². The standard InChI is InChI=1S/C17H24FN3/c1-2-9-21(12-14-5-7-20-8-6-14)13-16-10-15(11-19)3-4-17(16)18/h3-4,10,14,20H,2,5-9,12-13H2,1H3. The van der Waals surface area contributed by atoms with Crippen LogP contribution in [0.25, 0.3) is 0 Å². The Bertz CT molecular complexity index is 489. The van der Waals surface area contributed by atoms with E-state index in [0.717, 1.165) is 32.6 Å². The lowest BCUT2D eigenvalue weighted by atomic mass is 9.97. The van der Waals surface area contributed by atoms with Gasteiger partial charge in [0, 0.05) is 18.7 Å². The smallest absolute Gasteiger partial charge is 0.127 e. The summed E-state index contributed by atoms with van der Waals surface area (Å²) in [4.78, 5) is 2.33. The van der Waals surface area contributed by atoms with Crippen LogP contribution in [-0.2, 0) is 6.54 Å². The van der Waals surface area contributed by atoms with Crippen molar-refractivity contribution in [3.63, 3.8) is 0 Å². The summed E-state index contributed by atoms with van der Waals surface area (Å²) in [6.45, 7) is 6.91. The van der Waals surface area contributed by atoms with Crippen molar-refractivity contribution in [3.05, 3.63) is 35.1 Å². The van der Waals surface area contributed by atoms with Crippen LogP contribution in [0.5, 0.6) is 0 Å². The molecule has 0 spiro atoms. The molecule has 1 fully saturated rings. The molecule has 0 amide bonds. The predicted molar refractivity (Wildman–Crippen MR) is 82.3 cm³/mol. The van der Waals surface area contributed by atoms with Gasteiger partial charge in [0.05, 0.1) is 11.6 Å². The van der Waals surface area contributed by atoms with Crippen LogP contribution in [0.4, 0.5) is 4.39 Å². The van der Waals surface area contributed by atoms with Gasteiger partial charge in [-0.1, -0.05) is 6.92 Å². The first-order chi connectivity index (χ1) is 10.2. The summed E-state index contributed by atoms with van der Waals surface area (Å²) in [5.74, 6) is 0.487. The molecule has 0 unspecified atom stereocenters. The monoisotopic (exact) mass is 289 g/mol. The molecule has 1 N–H and O–H groups in total. The Labute approximate surface area is 126 Å². The molecule has 2 rings (SSSR count). The number of benzene rings is 1. The lowest BCUT2D eigenvalue weighted by molar-refractivity contribution is 0.197. The van der Waals surface area contributed by atoms with Gasteiger partial charge in [-0.05, 0) is 63.0 Å². The van der Waals surface area contributed by atoms with Crippen LogP contribution in [0, 0.1) is 23.1 Å². The molecule has 1 aliphatic rings. The van der Waals surface area contributed by atoms with Gasteiger partial charge in [-0.2, -0.15) is 5.26 Å². The van der Waals surface area contributed by atoms with Crippen molar-refractivity contribution < 1.29 is 4.39 Å². The molecule has 0 bridgehead atoms. The molecule has 1 heterocycles. The molecular formula is C17H24FN3. The SMILES string of the molecule is CCCN(Cc1cc(C#N)ccc1F)CC1CCNCC1. The number of rotatable bonds is 6. The largest absolute Gasteiger partial charge is 0.317 e. The molecule has 1 aromatic rings. The van der Waals surface area contributed by atoms with Crippen LogP contribution in [0.2, 0.25) is 0 Å². The van der Waals surface area contributed by atoms with E-state index in [1.807, 2.05) is 0 Å². The number of piperidine rings is 1. The number of nitrogens with zero attached hydrogens (tertiary/aromatic N) is 2. The summed E-state index contributed by atoms with van der Waals surface area (Å²) in [6, 6.07) is 6.71. The molecular weight excluding hydrogens is 265 g/mol. The van der Waals surface area contributed by atoms with Gasteiger partial charge in [-0.25, -0.2) is 4.39 Å². The molecule has 114 valence electrons. The van der Waals surface area contributed by atoms with Crippen molar-refractivity contribution in [3.8, 4) is 6.07 Å². The van der Waals surface area contributed by atoms with Crippen molar-refractivity contribution in [1.82, 2.24) is 10.2 Å². The Morgan fingerprint density at radius 3 is 2.81 bits per heavy atom. The summed E-state index contributed by atoms with van der Waals surface area (Å²) < 4.78 is 13.9. The maximum atomic E-state index is 13.9. The van der Waals surface area contributed by atoms with Crippen LogP contribution in [0.15, 0.2) is 18.2 Å². The third-order valence-electron chi connectivity index (χ3n) is 4.08. The van der Waals surface area contributed by atoms with E-state index in [9.17, 15) is 4.39 Å². The number of halogens is 1. The highest BCUT2D eigenvalue weighted by Gasteiger charge is 2.18. The maximum Gasteiger partial charge on any atom is 0.127 e. The number of hydrogen-bond acceptors (Lipinski definition) is 3. The van der Waals surface area contributed by atoms with Crippen LogP contribution in [0.1, 0.15) is 37.3 Å². The van der Waals surface area contributed by atoms with Crippen molar-refractivity contribution in [2.45, 2.75) is 32.7 Å². The summed E-state index contributed by atoms with van der Waals surface area (Å²) >= 11 is 0. The van der Waals surface area contributed by atoms with E-state index in [1.165, 1.54) is 25.0 Å². The van der Waals surface area contributed by atoms with Crippen LogP contribution in [0.3, 0.4) is 0 Å². The fourth-order valence-electron chi connectivity index (χ4n) is 2.99. The molecule has 3 nitrogen and oxygen atoms in total. The van der Waals surface area contributed by atoms with E-state index in [4.69, 9.17) is 5.26 Å². The first kappa shape index (κ1) is 15.9. The second kappa shape index (κ2) is 8.11. The molecule has 1 aliphatic heterocycles. The minimum absolute atomic E-state index is 0.208. The van der Waals surface area contributed by atoms with Crippen molar-refractivity contribution >= 4 is 0 Å². The lowest BCUT2D eigenvalue weighted by Gasteiger charge is -2.30. The average molecular weight is 289 g/mol. The highest BCUT2D eigenvalue weighted by Crippen LogP contribution is 2.18. The average Bonchev–Trinajstić information content (AvgIpc) is 2.51.